The van der Waals surface area contributed by atoms with Crippen molar-refractivity contribution in [3.8, 4) is 0 Å². The summed E-state index contributed by atoms with van der Waals surface area (Å²) in [7, 11) is -1.86. The Morgan fingerprint density at radius 1 is 1.20 bits per heavy atom. The summed E-state index contributed by atoms with van der Waals surface area (Å²) >= 11 is 2.53. The van der Waals surface area contributed by atoms with Crippen molar-refractivity contribution < 1.29 is 13.2 Å². The lowest BCUT2D eigenvalue weighted by molar-refractivity contribution is -0.115. The maximum atomic E-state index is 12.7. The highest BCUT2D eigenvalue weighted by Gasteiger charge is 2.23. The molecule has 0 radical (unpaired) electrons. The van der Waals surface area contributed by atoms with Crippen LogP contribution >= 0.6 is 23.1 Å². The molecule has 0 aliphatic heterocycles. The van der Waals surface area contributed by atoms with Gasteiger partial charge in [-0.3, -0.25) is 10.1 Å². The van der Waals surface area contributed by atoms with E-state index in [0.29, 0.717) is 16.1 Å². The number of aryl methyl sites for hydroxylation is 2. The minimum Gasteiger partial charge on any atom is -0.308 e. The number of carbonyl (C=O) groups excluding carboxylic acids is 1. The number of hydrogen-bond acceptors (Lipinski definition) is 9. The molecular weight excluding hydrogens is 444 g/mol. The Morgan fingerprint density at radius 3 is 2.53 bits per heavy atom. The second-order valence-corrected chi connectivity index (χ2v) is 11.0. The fourth-order valence-corrected chi connectivity index (χ4v) is 5.26. The van der Waals surface area contributed by atoms with Crippen LogP contribution in [0.1, 0.15) is 30.2 Å². The van der Waals surface area contributed by atoms with Gasteiger partial charge in [0.1, 0.15) is 16.6 Å². The maximum absolute atomic E-state index is 12.7. The van der Waals surface area contributed by atoms with Gasteiger partial charge in [-0.2, -0.15) is 0 Å². The Morgan fingerprint density at radius 2 is 1.90 bits per heavy atom. The topological polar surface area (TPSA) is 120 Å². The average Bonchev–Trinajstić information content (AvgIpc) is 3.29. The molecule has 2 aromatic heterocycles. The first-order valence-electron chi connectivity index (χ1n) is 9.17. The molecule has 1 amide bonds. The van der Waals surface area contributed by atoms with E-state index in [1.165, 1.54) is 23.1 Å². The zero-order valence-electron chi connectivity index (χ0n) is 17.0. The smallest absolute Gasteiger partial charge is 0.239 e. The van der Waals surface area contributed by atoms with Gasteiger partial charge in [0.15, 0.2) is 15.0 Å². The molecular formula is C18H22N6O3S3. The number of amides is 1. The van der Waals surface area contributed by atoms with Gasteiger partial charge in [-0.25, -0.2) is 8.42 Å². The first-order valence-corrected chi connectivity index (χ1v) is 12.5. The predicted molar refractivity (Wildman–Crippen MR) is 116 cm³/mol. The Kier molecular flexibility index (Phi) is 6.88. The van der Waals surface area contributed by atoms with E-state index in [2.05, 4.69) is 25.7 Å². The summed E-state index contributed by atoms with van der Waals surface area (Å²) in [5.74, 6) is -0.205. The SMILES string of the molecule is CCc1nnc(NC(=O)C(C)Sc2nnc(CS(=O)(=O)c3ccc(C)cc3)n2C)s1. The lowest BCUT2D eigenvalue weighted by atomic mass is 10.2. The minimum atomic E-state index is -3.55. The molecule has 1 aromatic carbocycles. The molecule has 12 heteroatoms. The lowest BCUT2D eigenvalue weighted by Gasteiger charge is -2.10. The summed E-state index contributed by atoms with van der Waals surface area (Å²) in [6.45, 7) is 5.60. The van der Waals surface area contributed by atoms with E-state index >= 15 is 0 Å². The largest absolute Gasteiger partial charge is 0.308 e. The molecule has 0 aliphatic rings. The van der Waals surface area contributed by atoms with Crippen LogP contribution in [0.2, 0.25) is 0 Å². The standard InChI is InChI=1S/C18H22N6O3S3/c1-5-15-21-22-17(29-15)19-16(25)12(3)28-18-23-20-14(24(18)4)10-30(26,27)13-8-6-11(2)7-9-13/h6-9,12H,5,10H2,1-4H3,(H,19,22,25). The Bertz CT molecular complexity index is 1140. The molecule has 30 heavy (non-hydrogen) atoms. The predicted octanol–water partition coefficient (Wildman–Crippen LogP) is 2.63. The van der Waals surface area contributed by atoms with Crippen molar-refractivity contribution in [3.05, 3.63) is 40.7 Å². The van der Waals surface area contributed by atoms with Crippen LogP contribution < -0.4 is 5.32 Å². The fourth-order valence-electron chi connectivity index (χ4n) is 2.44. The molecule has 9 nitrogen and oxygen atoms in total. The third-order valence-corrected chi connectivity index (χ3v) is 8.02. The summed E-state index contributed by atoms with van der Waals surface area (Å²) in [5, 5.41) is 20.0. The summed E-state index contributed by atoms with van der Waals surface area (Å²) < 4.78 is 26.9. The third-order valence-electron chi connectivity index (χ3n) is 4.28. The van der Waals surface area contributed by atoms with Crippen molar-refractivity contribution in [2.24, 2.45) is 7.05 Å². The second kappa shape index (κ2) is 9.23. The van der Waals surface area contributed by atoms with Gasteiger partial charge in [0.05, 0.1) is 10.1 Å². The van der Waals surface area contributed by atoms with Crippen LogP contribution in [0.4, 0.5) is 5.13 Å². The summed E-state index contributed by atoms with van der Waals surface area (Å²) in [4.78, 5) is 12.7. The van der Waals surface area contributed by atoms with Crippen LogP contribution in [0.25, 0.3) is 0 Å². The molecule has 3 aromatic rings. The molecule has 0 fully saturated rings. The Hall–Kier alpha value is -2.31. The van der Waals surface area contributed by atoms with Gasteiger partial charge in [-0.1, -0.05) is 47.7 Å². The molecule has 1 atom stereocenters. The zero-order valence-corrected chi connectivity index (χ0v) is 19.4. The second-order valence-electron chi connectivity index (χ2n) is 6.63. The number of thioether (sulfide) groups is 1. The number of sulfone groups is 1. The van der Waals surface area contributed by atoms with E-state index in [0.717, 1.165) is 17.0 Å². The molecule has 0 saturated carbocycles. The van der Waals surface area contributed by atoms with Crippen molar-refractivity contribution in [1.82, 2.24) is 25.0 Å². The van der Waals surface area contributed by atoms with Crippen LogP contribution in [-0.2, 0) is 33.9 Å². The van der Waals surface area contributed by atoms with Gasteiger partial charge in [0.25, 0.3) is 0 Å². The molecule has 2 heterocycles. The van der Waals surface area contributed by atoms with Crippen molar-refractivity contribution in [2.45, 2.75) is 48.2 Å². The van der Waals surface area contributed by atoms with Crippen molar-refractivity contribution in [2.75, 3.05) is 5.32 Å². The van der Waals surface area contributed by atoms with E-state index in [-0.39, 0.29) is 16.6 Å². The van der Waals surface area contributed by atoms with E-state index in [1.807, 2.05) is 13.8 Å². The molecule has 0 aliphatic carbocycles. The zero-order chi connectivity index (χ0) is 21.9. The Labute approximate surface area is 183 Å². The first-order chi connectivity index (χ1) is 14.2. The third kappa shape index (κ3) is 5.24. The van der Waals surface area contributed by atoms with Crippen LogP contribution in [-0.4, -0.2) is 44.5 Å². The van der Waals surface area contributed by atoms with Crippen LogP contribution in [0.5, 0.6) is 0 Å². The van der Waals surface area contributed by atoms with Crippen molar-refractivity contribution in [3.63, 3.8) is 0 Å². The molecule has 1 unspecified atom stereocenters. The summed E-state index contributed by atoms with van der Waals surface area (Å²) in [6.07, 6.45) is 0.755. The van der Waals surface area contributed by atoms with Gasteiger partial charge in [-0.15, -0.1) is 20.4 Å². The molecule has 0 spiro atoms. The molecule has 0 bridgehead atoms. The van der Waals surface area contributed by atoms with Gasteiger partial charge < -0.3 is 4.57 Å². The summed E-state index contributed by atoms with van der Waals surface area (Å²) in [6, 6.07) is 6.68. The number of carbonyl (C=O) groups is 1. The van der Waals surface area contributed by atoms with Crippen LogP contribution in [0, 0.1) is 6.92 Å². The minimum absolute atomic E-state index is 0.238. The van der Waals surface area contributed by atoms with Gasteiger partial charge >= 0.3 is 0 Å². The molecule has 0 saturated heterocycles. The monoisotopic (exact) mass is 466 g/mol. The van der Waals surface area contributed by atoms with Gasteiger partial charge in [0, 0.05) is 7.05 Å². The molecule has 1 N–H and O–H groups in total. The van der Waals surface area contributed by atoms with E-state index < -0.39 is 15.1 Å². The van der Waals surface area contributed by atoms with E-state index in [9.17, 15) is 13.2 Å². The number of hydrogen-bond donors (Lipinski definition) is 1. The quantitative estimate of drug-likeness (QED) is 0.503. The maximum Gasteiger partial charge on any atom is 0.239 e. The number of nitrogens with zero attached hydrogens (tertiary/aromatic N) is 5. The first kappa shape index (κ1) is 22.4. The normalized spacial score (nSPS) is 12.7. The number of nitrogens with one attached hydrogen (secondary N) is 1. The van der Waals surface area contributed by atoms with Crippen LogP contribution in [0.15, 0.2) is 34.3 Å². The van der Waals surface area contributed by atoms with Crippen molar-refractivity contribution >= 4 is 44.0 Å². The molecule has 3 rings (SSSR count). The lowest BCUT2D eigenvalue weighted by Crippen LogP contribution is -2.22. The number of benzene rings is 1. The van der Waals surface area contributed by atoms with Crippen LogP contribution in [0.3, 0.4) is 0 Å². The highest BCUT2D eigenvalue weighted by molar-refractivity contribution is 8.00. The highest BCUT2D eigenvalue weighted by atomic mass is 32.2. The highest BCUT2D eigenvalue weighted by Crippen LogP contribution is 2.25. The summed E-state index contributed by atoms with van der Waals surface area (Å²) in [5.41, 5.74) is 0.984. The number of anilines is 1. The number of rotatable bonds is 8. The number of aromatic nitrogens is 5. The average molecular weight is 467 g/mol. The fraction of sp³-hybridized carbons (Fsp3) is 0.389. The Balaban J connectivity index is 1.67. The molecule has 160 valence electrons. The van der Waals surface area contributed by atoms with E-state index in [4.69, 9.17) is 0 Å². The van der Waals surface area contributed by atoms with Gasteiger partial charge in [0.2, 0.25) is 11.0 Å². The van der Waals surface area contributed by atoms with Gasteiger partial charge in [-0.05, 0) is 32.4 Å². The van der Waals surface area contributed by atoms with Crippen molar-refractivity contribution in [1.29, 1.82) is 0 Å². The van der Waals surface area contributed by atoms with E-state index in [1.54, 1.807) is 42.8 Å².